The first kappa shape index (κ1) is 24.4. The number of rotatable bonds is 7. The van der Waals surface area contributed by atoms with Crippen LogP contribution in [0.2, 0.25) is 0 Å². The van der Waals surface area contributed by atoms with Crippen LogP contribution in [0.1, 0.15) is 30.1 Å². The van der Waals surface area contributed by atoms with Crippen LogP contribution in [0.4, 0.5) is 0 Å². The summed E-state index contributed by atoms with van der Waals surface area (Å²) in [5.74, 6) is 1.00. The number of aryl methyl sites for hydroxylation is 1. The lowest BCUT2D eigenvalue weighted by molar-refractivity contribution is -0.0502. The highest BCUT2D eigenvalue weighted by Gasteiger charge is 2.41. The molecular weight excluding hydrogens is 521 g/mol. The number of morpholine rings is 1. The van der Waals surface area contributed by atoms with E-state index >= 15 is 0 Å². The molecule has 0 saturated carbocycles. The number of guanidine groups is 1. The number of ether oxygens (including phenoxy) is 1. The molecule has 2 aliphatic heterocycles. The SMILES string of the molecule is CCNC(=NCCc1csc(CC)n1)N1CC2OCCN(Cc3ccccc3)C2C1.I. The van der Waals surface area contributed by atoms with Gasteiger partial charge in [0.1, 0.15) is 0 Å². The first-order valence-electron chi connectivity index (χ1n) is 11.1. The van der Waals surface area contributed by atoms with Crippen LogP contribution in [0.5, 0.6) is 0 Å². The molecule has 31 heavy (non-hydrogen) atoms. The van der Waals surface area contributed by atoms with E-state index in [9.17, 15) is 0 Å². The zero-order valence-corrected chi connectivity index (χ0v) is 21.6. The van der Waals surface area contributed by atoms with E-state index in [4.69, 9.17) is 9.73 Å². The Balaban J connectivity index is 0.00000272. The van der Waals surface area contributed by atoms with Gasteiger partial charge in [0.15, 0.2) is 5.96 Å². The Bertz CT molecular complexity index is 830. The molecule has 1 N–H and O–H groups in total. The lowest BCUT2D eigenvalue weighted by atomic mass is 10.1. The van der Waals surface area contributed by atoms with Crippen molar-refractivity contribution in [1.29, 1.82) is 0 Å². The van der Waals surface area contributed by atoms with Gasteiger partial charge in [-0.15, -0.1) is 35.3 Å². The third-order valence-corrected chi connectivity index (χ3v) is 6.85. The Morgan fingerprint density at radius 2 is 2.10 bits per heavy atom. The van der Waals surface area contributed by atoms with Crippen LogP contribution in [-0.4, -0.2) is 72.2 Å². The lowest BCUT2D eigenvalue weighted by Crippen LogP contribution is -2.50. The summed E-state index contributed by atoms with van der Waals surface area (Å²) in [7, 11) is 0. The maximum Gasteiger partial charge on any atom is 0.194 e. The average molecular weight is 556 g/mol. The normalized spacial score (nSPS) is 21.6. The summed E-state index contributed by atoms with van der Waals surface area (Å²) >= 11 is 1.75. The van der Waals surface area contributed by atoms with E-state index in [1.165, 1.54) is 10.6 Å². The number of fused-ring (bicyclic) bond motifs is 1. The van der Waals surface area contributed by atoms with E-state index in [-0.39, 0.29) is 30.1 Å². The monoisotopic (exact) mass is 555 g/mol. The van der Waals surface area contributed by atoms with Gasteiger partial charge >= 0.3 is 0 Å². The average Bonchev–Trinajstić information content (AvgIpc) is 3.41. The van der Waals surface area contributed by atoms with Crippen molar-refractivity contribution in [3.63, 3.8) is 0 Å². The Morgan fingerprint density at radius 1 is 1.26 bits per heavy atom. The Kier molecular flexibility index (Phi) is 9.55. The van der Waals surface area contributed by atoms with Gasteiger partial charge in [0.05, 0.1) is 29.5 Å². The summed E-state index contributed by atoms with van der Waals surface area (Å²) in [4.78, 5) is 14.5. The van der Waals surface area contributed by atoms with Crippen molar-refractivity contribution in [2.45, 2.75) is 45.4 Å². The van der Waals surface area contributed by atoms with E-state index in [1.807, 2.05) is 0 Å². The maximum atomic E-state index is 6.14. The summed E-state index contributed by atoms with van der Waals surface area (Å²) in [5, 5.41) is 6.86. The number of nitrogens with zero attached hydrogens (tertiary/aromatic N) is 4. The number of thiazole rings is 1. The van der Waals surface area contributed by atoms with Crippen LogP contribution in [0.15, 0.2) is 40.7 Å². The van der Waals surface area contributed by atoms with Gasteiger partial charge in [-0.3, -0.25) is 9.89 Å². The topological polar surface area (TPSA) is 53.0 Å². The number of benzene rings is 1. The molecule has 2 aromatic rings. The molecule has 0 radical (unpaired) electrons. The second-order valence-electron chi connectivity index (χ2n) is 7.91. The molecular formula is C23H34IN5OS. The molecule has 8 heteroatoms. The predicted octanol–water partition coefficient (Wildman–Crippen LogP) is 3.42. The van der Waals surface area contributed by atoms with Gasteiger partial charge in [-0.25, -0.2) is 4.98 Å². The van der Waals surface area contributed by atoms with Crippen molar-refractivity contribution in [1.82, 2.24) is 20.1 Å². The number of aliphatic imine (C=N–C) groups is 1. The van der Waals surface area contributed by atoms with E-state index in [2.05, 4.69) is 69.7 Å². The molecule has 2 unspecified atom stereocenters. The molecule has 2 atom stereocenters. The summed E-state index contributed by atoms with van der Waals surface area (Å²) < 4.78 is 6.14. The van der Waals surface area contributed by atoms with Gasteiger partial charge in [0, 0.05) is 51.1 Å². The first-order chi connectivity index (χ1) is 14.8. The molecule has 0 amide bonds. The number of hydrogen-bond donors (Lipinski definition) is 1. The van der Waals surface area contributed by atoms with Gasteiger partial charge in [-0.05, 0) is 18.9 Å². The highest BCUT2D eigenvalue weighted by Crippen LogP contribution is 2.24. The minimum Gasteiger partial charge on any atom is -0.373 e. The molecule has 1 aromatic heterocycles. The molecule has 6 nitrogen and oxygen atoms in total. The van der Waals surface area contributed by atoms with E-state index in [1.54, 1.807) is 11.3 Å². The molecule has 0 aliphatic carbocycles. The summed E-state index contributed by atoms with van der Waals surface area (Å²) in [6.45, 7) is 10.5. The number of nitrogens with one attached hydrogen (secondary N) is 1. The van der Waals surface area contributed by atoms with Crippen LogP contribution < -0.4 is 5.32 Å². The standard InChI is InChI=1S/C23H33N5OS.HI/c1-3-22-26-19(17-30-22)10-11-25-23(24-4-2)28-15-20-21(16-28)29-13-12-27(20)14-18-8-6-5-7-9-18;/h5-9,17,20-21H,3-4,10-16H2,1-2H3,(H,24,25);1H. The van der Waals surface area contributed by atoms with Gasteiger partial charge in [-0.2, -0.15) is 0 Å². The third kappa shape index (κ3) is 6.40. The fourth-order valence-electron chi connectivity index (χ4n) is 4.27. The molecule has 1 aromatic carbocycles. The maximum absolute atomic E-state index is 6.14. The van der Waals surface area contributed by atoms with E-state index < -0.39 is 0 Å². The van der Waals surface area contributed by atoms with Gasteiger partial charge in [-0.1, -0.05) is 37.3 Å². The molecule has 0 spiro atoms. The Labute approximate surface area is 207 Å². The van der Waals surface area contributed by atoms with E-state index in [0.717, 1.165) is 70.4 Å². The van der Waals surface area contributed by atoms with Crippen LogP contribution in [0.3, 0.4) is 0 Å². The second kappa shape index (κ2) is 12.1. The second-order valence-corrected chi connectivity index (χ2v) is 8.85. The highest BCUT2D eigenvalue weighted by molar-refractivity contribution is 14.0. The number of aromatic nitrogens is 1. The van der Waals surface area contributed by atoms with Crippen molar-refractivity contribution in [3.05, 3.63) is 52.0 Å². The molecule has 4 rings (SSSR count). The minimum absolute atomic E-state index is 0. The Morgan fingerprint density at radius 3 is 2.84 bits per heavy atom. The molecule has 0 bridgehead atoms. The number of likely N-dealkylation sites (tertiary alicyclic amines) is 1. The third-order valence-electron chi connectivity index (χ3n) is 5.81. The Hall–Kier alpha value is -1.23. The first-order valence-corrected chi connectivity index (χ1v) is 12.0. The number of halogens is 1. The van der Waals surface area contributed by atoms with Crippen molar-refractivity contribution in [3.8, 4) is 0 Å². The zero-order valence-electron chi connectivity index (χ0n) is 18.5. The van der Waals surface area contributed by atoms with Crippen molar-refractivity contribution >= 4 is 41.3 Å². The van der Waals surface area contributed by atoms with Crippen molar-refractivity contribution in [2.24, 2.45) is 4.99 Å². The van der Waals surface area contributed by atoms with Gasteiger partial charge in [0.25, 0.3) is 0 Å². The molecule has 2 fully saturated rings. The number of hydrogen-bond acceptors (Lipinski definition) is 5. The zero-order chi connectivity index (χ0) is 20.8. The highest BCUT2D eigenvalue weighted by atomic mass is 127. The molecule has 2 saturated heterocycles. The van der Waals surface area contributed by atoms with Crippen molar-refractivity contribution in [2.75, 3.05) is 39.3 Å². The van der Waals surface area contributed by atoms with Gasteiger partial charge < -0.3 is 15.0 Å². The lowest BCUT2D eigenvalue weighted by Gasteiger charge is -2.36. The van der Waals surface area contributed by atoms with Crippen LogP contribution in [0.25, 0.3) is 0 Å². The fraction of sp³-hybridized carbons (Fsp3) is 0.565. The van der Waals surface area contributed by atoms with Gasteiger partial charge in [0.2, 0.25) is 0 Å². The van der Waals surface area contributed by atoms with Crippen LogP contribution in [-0.2, 0) is 24.1 Å². The van der Waals surface area contributed by atoms with E-state index in [0.29, 0.717) is 6.04 Å². The largest absolute Gasteiger partial charge is 0.373 e. The minimum atomic E-state index is 0. The van der Waals surface area contributed by atoms with Crippen LogP contribution in [0, 0.1) is 0 Å². The van der Waals surface area contributed by atoms with Crippen LogP contribution >= 0.6 is 35.3 Å². The summed E-state index contributed by atoms with van der Waals surface area (Å²) in [6, 6.07) is 11.2. The fourth-order valence-corrected chi connectivity index (χ4v) is 5.05. The quantitative estimate of drug-likeness (QED) is 0.323. The smallest absolute Gasteiger partial charge is 0.194 e. The predicted molar refractivity (Wildman–Crippen MR) is 139 cm³/mol. The summed E-state index contributed by atoms with van der Waals surface area (Å²) in [5.41, 5.74) is 2.52. The molecule has 170 valence electrons. The summed E-state index contributed by atoms with van der Waals surface area (Å²) in [6.07, 6.45) is 2.15. The molecule has 2 aliphatic rings. The molecule has 3 heterocycles. The van der Waals surface area contributed by atoms with Crippen molar-refractivity contribution < 1.29 is 4.74 Å².